The van der Waals surface area contributed by atoms with E-state index in [1.165, 1.54) is 11.3 Å². The van der Waals surface area contributed by atoms with Gasteiger partial charge in [-0.25, -0.2) is 4.79 Å². The number of hydrogen-bond acceptors (Lipinski definition) is 8. The highest BCUT2D eigenvalue weighted by atomic mass is 32.1. The Kier molecular flexibility index (Phi) is 5.87. The number of nitrogen functional groups attached to an aromatic ring is 1. The normalized spacial score (nSPS) is 22.2. The molecular weight excluding hydrogens is 438 g/mol. The summed E-state index contributed by atoms with van der Waals surface area (Å²) >= 11 is 1.28. The van der Waals surface area contributed by atoms with Crippen molar-refractivity contribution in [3.05, 3.63) is 37.8 Å². The van der Waals surface area contributed by atoms with Crippen LogP contribution >= 0.6 is 11.3 Å². The molecule has 170 valence electrons. The number of aliphatic carboxylic acids is 2. The van der Waals surface area contributed by atoms with Crippen molar-refractivity contribution >= 4 is 40.9 Å². The molecule has 2 aliphatic rings. The summed E-state index contributed by atoms with van der Waals surface area (Å²) in [6.07, 6.45) is 1.96. The molecule has 0 radical (unpaired) electrons. The van der Waals surface area contributed by atoms with Crippen LogP contribution in [0.1, 0.15) is 33.0 Å². The fraction of sp³-hybridized carbons (Fsp3) is 0.450. The summed E-state index contributed by atoms with van der Waals surface area (Å²) < 4.78 is 0. The molecule has 32 heavy (non-hydrogen) atoms. The minimum absolute atomic E-state index is 0.0771. The maximum absolute atomic E-state index is 12.9. The van der Waals surface area contributed by atoms with Gasteiger partial charge in [0.05, 0.1) is 16.4 Å². The molecule has 2 aromatic rings. The highest BCUT2D eigenvalue weighted by Gasteiger charge is 2.43. The van der Waals surface area contributed by atoms with Crippen molar-refractivity contribution in [3.8, 4) is 0 Å². The van der Waals surface area contributed by atoms with E-state index in [2.05, 4.69) is 15.3 Å². The van der Waals surface area contributed by atoms with Gasteiger partial charge in [0.25, 0.3) is 11.5 Å². The SMILES string of the molecule is Nc1nc2c(c(=O)[nH]1)CC(CCc1ccc(C(=O)N3CC(C(=O)O)CC3C(=O)O)s1)CN2. The Morgan fingerprint density at radius 1 is 1.25 bits per heavy atom. The topological polar surface area (TPSA) is 179 Å². The first kappa shape index (κ1) is 21.8. The maximum atomic E-state index is 12.9. The van der Waals surface area contributed by atoms with Gasteiger partial charge in [-0.1, -0.05) is 0 Å². The number of carboxylic acid groups (broad SMARTS) is 2. The second kappa shape index (κ2) is 8.61. The summed E-state index contributed by atoms with van der Waals surface area (Å²) in [6, 6.07) is 2.35. The number of likely N-dealkylation sites (tertiary alicyclic amines) is 1. The number of thiophene rings is 1. The number of nitrogens with zero attached hydrogens (tertiary/aromatic N) is 2. The summed E-state index contributed by atoms with van der Waals surface area (Å²) in [5.41, 5.74) is 5.91. The Morgan fingerprint density at radius 2 is 2.03 bits per heavy atom. The van der Waals surface area contributed by atoms with Crippen LogP contribution in [0.25, 0.3) is 0 Å². The van der Waals surface area contributed by atoms with E-state index < -0.39 is 29.8 Å². The monoisotopic (exact) mass is 461 g/mol. The van der Waals surface area contributed by atoms with E-state index in [0.717, 1.165) is 16.2 Å². The lowest BCUT2D eigenvalue weighted by molar-refractivity contribution is -0.141. The summed E-state index contributed by atoms with van der Waals surface area (Å²) in [5.74, 6) is -2.83. The van der Waals surface area contributed by atoms with Crippen molar-refractivity contribution in [2.45, 2.75) is 31.7 Å². The molecule has 12 heteroatoms. The fourth-order valence-electron chi connectivity index (χ4n) is 4.25. The number of nitrogens with one attached hydrogen (secondary N) is 2. The predicted molar refractivity (Wildman–Crippen MR) is 116 cm³/mol. The number of nitrogens with two attached hydrogens (primary N) is 1. The quantitative estimate of drug-likeness (QED) is 0.412. The van der Waals surface area contributed by atoms with E-state index in [1.54, 1.807) is 6.07 Å². The van der Waals surface area contributed by atoms with Gasteiger partial charge in [0.15, 0.2) is 0 Å². The summed E-state index contributed by atoms with van der Waals surface area (Å²) in [7, 11) is 0. The Morgan fingerprint density at radius 3 is 2.75 bits per heavy atom. The van der Waals surface area contributed by atoms with Gasteiger partial charge in [0, 0.05) is 18.0 Å². The second-order valence-electron chi connectivity index (χ2n) is 8.12. The molecule has 1 fully saturated rings. The molecule has 0 bridgehead atoms. The van der Waals surface area contributed by atoms with Crippen LogP contribution in [0.3, 0.4) is 0 Å². The molecule has 6 N–H and O–H groups in total. The third-order valence-corrected chi connectivity index (χ3v) is 7.09. The van der Waals surface area contributed by atoms with Gasteiger partial charge in [-0.15, -0.1) is 11.3 Å². The molecule has 4 heterocycles. The Bertz CT molecular complexity index is 1130. The van der Waals surface area contributed by atoms with Gasteiger partial charge in [-0.05, 0) is 43.7 Å². The molecule has 11 nitrogen and oxygen atoms in total. The molecule has 0 spiro atoms. The molecule has 0 aliphatic carbocycles. The van der Waals surface area contributed by atoms with E-state index in [0.29, 0.717) is 35.6 Å². The smallest absolute Gasteiger partial charge is 0.326 e. The maximum Gasteiger partial charge on any atom is 0.326 e. The van der Waals surface area contributed by atoms with Gasteiger partial charge >= 0.3 is 11.9 Å². The van der Waals surface area contributed by atoms with Crippen molar-refractivity contribution in [1.29, 1.82) is 0 Å². The molecule has 2 aromatic heterocycles. The molecule has 4 rings (SSSR count). The predicted octanol–water partition coefficient (Wildman–Crippen LogP) is 0.630. The van der Waals surface area contributed by atoms with Crippen LogP contribution in [-0.2, 0) is 22.4 Å². The lowest BCUT2D eigenvalue weighted by atomic mass is 9.92. The number of carboxylic acids is 2. The van der Waals surface area contributed by atoms with Gasteiger partial charge in [-0.3, -0.25) is 19.4 Å². The largest absolute Gasteiger partial charge is 0.481 e. The average molecular weight is 462 g/mol. The van der Waals surface area contributed by atoms with E-state index in [-0.39, 0.29) is 30.4 Å². The number of H-pyrrole nitrogens is 1. The zero-order chi connectivity index (χ0) is 23.0. The van der Waals surface area contributed by atoms with Gasteiger partial charge in [0.2, 0.25) is 5.95 Å². The molecule has 1 saturated heterocycles. The van der Waals surface area contributed by atoms with Crippen molar-refractivity contribution < 1.29 is 24.6 Å². The third-order valence-electron chi connectivity index (χ3n) is 5.95. The van der Waals surface area contributed by atoms with Crippen LogP contribution in [0.2, 0.25) is 0 Å². The van der Waals surface area contributed by atoms with E-state index in [1.807, 2.05) is 6.07 Å². The number of aromatic nitrogens is 2. The number of anilines is 2. The molecular formula is C20H23N5O6S. The highest BCUT2D eigenvalue weighted by Crippen LogP contribution is 2.29. The number of aryl methyl sites for hydroxylation is 1. The molecule has 0 saturated carbocycles. The zero-order valence-corrected chi connectivity index (χ0v) is 17.9. The summed E-state index contributed by atoms with van der Waals surface area (Å²) in [5, 5.41) is 21.7. The van der Waals surface area contributed by atoms with E-state index >= 15 is 0 Å². The number of aromatic amines is 1. The number of carbonyl (C=O) groups is 3. The Labute approximate surface area is 186 Å². The van der Waals surface area contributed by atoms with Crippen LogP contribution in [0.15, 0.2) is 16.9 Å². The van der Waals surface area contributed by atoms with Crippen molar-refractivity contribution in [3.63, 3.8) is 0 Å². The first-order valence-corrected chi connectivity index (χ1v) is 11.0. The van der Waals surface area contributed by atoms with Crippen LogP contribution < -0.4 is 16.6 Å². The summed E-state index contributed by atoms with van der Waals surface area (Å²) in [4.78, 5) is 56.9. The van der Waals surface area contributed by atoms with Crippen molar-refractivity contribution in [2.75, 3.05) is 24.1 Å². The lowest BCUT2D eigenvalue weighted by Crippen LogP contribution is -2.40. The number of fused-ring (bicyclic) bond motifs is 1. The van der Waals surface area contributed by atoms with Crippen molar-refractivity contribution in [2.24, 2.45) is 11.8 Å². The fourth-order valence-corrected chi connectivity index (χ4v) is 5.22. The first-order valence-electron chi connectivity index (χ1n) is 10.2. The highest BCUT2D eigenvalue weighted by molar-refractivity contribution is 7.14. The Balaban J connectivity index is 1.39. The second-order valence-corrected chi connectivity index (χ2v) is 9.28. The zero-order valence-electron chi connectivity index (χ0n) is 17.0. The molecule has 1 amide bonds. The molecule has 3 unspecified atom stereocenters. The van der Waals surface area contributed by atoms with Gasteiger partial charge in [0.1, 0.15) is 11.9 Å². The van der Waals surface area contributed by atoms with Crippen LogP contribution in [0, 0.1) is 11.8 Å². The molecule has 0 aromatic carbocycles. The first-order chi connectivity index (χ1) is 15.2. The number of amides is 1. The average Bonchev–Trinajstić information content (AvgIpc) is 3.39. The van der Waals surface area contributed by atoms with Crippen LogP contribution in [0.5, 0.6) is 0 Å². The van der Waals surface area contributed by atoms with Crippen molar-refractivity contribution in [1.82, 2.24) is 14.9 Å². The lowest BCUT2D eigenvalue weighted by Gasteiger charge is -2.24. The molecule has 2 aliphatic heterocycles. The number of hydrogen-bond donors (Lipinski definition) is 5. The number of carbonyl (C=O) groups excluding carboxylic acids is 1. The van der Waals surface area contributed by atoms with E-state index in [9.17, 15) is 29.4 Å². The van der Waals surface area contributed by atoms with Crippen LogP contribution in [-0.4, -0.2) is 62.1 Å². The third kappa shape index (κ3) is 4.31. The summed E-state index contributed by atoms with van der Waals surface area (Å²) in [6.45, 7) is 0.545. The van der Waals surface area contributed by atoms with Gasteiger partial charge in [-0.2, -0.15) is 4.98 Å². The van der Waals surface area contributed by atoms with Gasteiger partial charge < -0.3 is 26.2 Å². The van der Waals surface area contributed by atoms with Crippen LogP contribution in [0.4, 0.5) is 11.8 Å². The minimum atomic E-state index is -1.20. The Hall–Kier alpha value is -3.41. The standard InChI is InChI=1S/C20H23N5O6S/c21-20-23-15-12(16(26)24-20)5-9(7-22-15)1-2-11-3-4-14(32-11)17(27)25-8-10(18(28)29)6-13(25)19(30)31/h3-4,9-10,13H,1-2,5-8H2,(H,28,29)(H,30,31)(H4,21,22,23,24,26). The number of rotatable bonds is 6. The molecule has 3 atom stereocenters. The minimum Gasteiger partial charge on any atom is -0.481 e. The van der Waals surface area contributed by atoms with E-state index in [4.69, 9.17) is 5.73 Å².